The third-order valence-electron chi connectivity index (χ3n) is 12.1. The molecule has 0 bridgehead atoms. The maximum atomic E-state index is 11.7. The van der Waals surface area contributed by atoms with Gasteiger partial charge in [0.2, 0.25) is 0 Å². The largest absolute Gasteiger partial charge is 0.462 e. The quantitative estimate of drug-likeness (QED) is 0.287. The molecule has 34 heavy (non-hydrogen) atoms. The van der Waals surface area contributed by atoms with Crippen molar-refractivity contribution in [1.29, 1.82) is 0 Å². The van der Waals surface area contributed by atoms with Crippen molar-refractivity contribution in [3.05, 3.63) is 23.3 Å². The van der Waals surface area contributed by atoms with E-state index in [1.54, 1.807) is 6.92 Å². The van der Waals surface area contributed by atoms with Gasteiger partial charge < -0.3 is 4.74 Å². The molecule has 4 aliphatic rings. The number of rotatable bonds is 6. The van der Waals surface area contributed by atoms with Crippen LogP contribution < -0.4 is 0 Å². The first-order chi connectivity index (χ1) is 15.8. The maximum absolute atomic E-state index is 11.7. The topological polar surface area (TPSA) is 26.3 Å². The lowest BCUT2D eigenvalue weighted by atomic mass is 9.45. The molecule has 0 heterocycles. The second-order valence-electron chi connectivity index (χ2n) is 13.8. The van der Waals surface area contributed by atoms with Crippen LogP contribution in [0.15, 0.2) is 23.3 Å². The number of hydrogen-bond donors (Lipinski definition) is 0. The highest BCUT2D eigenvalue weighted by Gasteiger charge is 2.62. The fourth-order valence-electron chi connectivity index (χ4n) is 9.52. The molecule has 2 heteroatoms. The zero-order chi connectivity index (χ0) is 25.1. The van der Waals surface area contributed by atoms with Gasteiger partial charge in [-0.25, -0.2) is 0 Å². The summed E-state index contributed by atoms with van der Waals surface area (Å²) in [5.41, 5.74) is 6.20. The van der Waals surface area contributed by atoms with Crippen molar-refractivity contribution in [2.45, 2.75) is 126 Å². The van der Waals surface area contributed by atoms with Crippen molar-refractivity contribution < 1.29 is 9.53 Å². The van der Waals surface area contributed by atoms with Gasteiger partial charge in [0.25, 0.3) is 0 Å². The summed E-state index contributed by atoms with van der Waals surface area (Å²) in [7, 11) is 0. The van der Waals surface area contributed by atoms with Crippen molar-refractivity contribution >= 4 is 5.97 Å². The van der Waals surface area contributed by atoms with Crippen LogP contribution in [-0.2, 0) is 9.53 Å². The van der Waals surface area contributed by atoms with Crippen LogP contribution in [0.3, 0.4) is 0 Å². The monoisotopic (exact) mass is 468 g/mol. The summed E-state index contributed by atoms with van der Waals surface area (Å²) in [5, 5.41) is 0. The summed E-state index contributed by atoms with van der Waals surface area (Å²) in [6.07, 6.45) is 12.8. The number of carbonyl (C=O) groups is 1. The molecule has 2 nitrogen and oxygen atoms in total. The highest BCUT2D eigenvalue weighted by atomic mass is 16.5. The molecule has 2 saturated carbocycles. The lowest BCUT2D eigenvalue weighted by Crippen LogP contribution is -2.52. The summed E-state index contributed by atoms with van der Waals surface area (Å²) in [5.74, 6) is 3.21. The number of fused-ring (bicyclic) bond motifs is 4. The summed E-state index contributed by atoms with van der Waals surface area (Å²) >= 11 is 0. The number of esters is 1. The van der Waals surface area contributed by atoms with Crippen LogP contribution in [0.5, 0.6) is 0 Å². The first-order valence-corrected chi connectivity index (χ1v) is 14.4. The van der Waals surface area contributed by atoms with Crippen molar-refractivity contribution in [2.24, 2.45) is 45.8 Å². The van der Waals surface area contributed by atoms with Crippen molar-refractivity contribution in [3.63, 3.8) is 0 Å². The van der Waals surface area contributed by atoms with Gasteiger partial charge in [-0.3, -0.25) is 4.79 Å². The van der Waals surface area contributed by atoms with Gasteiger partial charge in [-0.1, -0.05) is 71.8 Å². The van der Waals surface area contributed by atoms with Gasteiger partial charge in [-0.15, -0.1) is 0 Å². The van der Waals surface area contributed by atoms with Gasteiger partial charge in [0.1, 0.15) is 6.10 Å². The first-order valence-electron chi connectivity index (χ1n) is 14.4. The standard InChI is InChI=1S/C32H52O2/c1-20(2)21(3)10-11-22(4)25-14-18-32(9)28-13-12-26-23(5)29(34-24(6)33)16-17-30(26,7)27(28)15-19-31(25,32)8/h20,22-23,25-26,29H,3,10-19H2,1-2,4-9H3/t22-,23+,25-,26?,29+,30+,31-,32+/m1/s1. The Morgan fingerprint density at radius 1 is 1.03 bits per heavy atom. The van der Waals surface area contributed by atoms with Crippen LogP contribution in [0.1, 0.15) is 120 Å². The molecule has 192 valence electrons. The van der Waals surface area contributed by atoms with Gasteiger partial charge in [-0.05, 0) is 110 Å². The maximum Gasteiger partial charge on any atom is 0.302 e. The molecule has 4 aliphatic carbocycles. The minimum atomic E-state index is -0.111. The molecule has 0 radical (unpaired) electrons. The van der Waals surface area contributed by atoms with E-state index in [-0.39, 0.29) is 12.1 Å². The van der Waals surface area contributed by atoms with E-state index in [9.17, 15) is 4.79 Å². The molecule has 0 amide bonds. The predicted octanol–water partition coefficient (Wildman–Crippen LogP) is 8.91. The zero-order valence-corrected chi connectivity index (χ0v) is 23.6. The predicted molar refractivity (Wildman–Crippen MR) is 142 cm³/mol. The molecule has 0 saturated heterocycles. The Hall–Kier alpha value is -1.05. The first kappa shape index (κ1) is 26.0. The fraction of sp³-hybridized carbons (Fsp3) is 0.844. The molecular weight excluding hydrogens is 416 g/mol. The lowest BCUT2D eigenvalue weighted by Gasteiger charge is -2.60. The molecule has 0 aliphatic heterocycles. The highest BCUT2D eigenvalue weighted by molar-refractivity contribution is 5.66. The Labute approximate surface area is 210 Å². The van der Waals surface area contributed by atoms with Crippen LogP contribution in [-0.4, -0.2) is 12.1 Å². The van der Waals surface area contributed by atoms with E-state index in [1.165, 1.54) is 63.4 Å². The highest BCUT2D eigenvalue weighted by Crippen LogP contribution is 2.71. The lowest BCUT2D eigenvalue weighted by molar-refractivity contribution is -0.155. The smallest absolute Gasteiger partial charge is 0.302 e. The molecule has 8 atom stereocenters. The molecule has 1 unspecified atom stereocenters. The van der Waals surface area contributed by atoms with E-state index in [0.717, 1.165) is 18.3 Å². The Bertz CT molecular complexity index is 851. The number of hydrogen-bond acceptors (Lipinski definition) is 2. The molecule has 0 aromatic heterocycles. The second-order valence-corrected chi connectivity index (χ2v) is 13.8. The average molecular weight is 469 g/mol. The Kier molecular flexibility index (Phi) is 6.98. The Morgan fingerprint density at radius 3 is 2.38 bits per heavy atom. The molecule has 0 aromatic rings. The van der Waals surface area contributed by atoms with Crippen LogP contribution in [0, 0.1) is 45.8 Å². The number of allylic oxidation sites excluding steroid dienone is 3. The minimum absolute atomic E-state index is 0.111. The van der Waals surface area contributed by atoms with Crippen LogP contribution >= 0.6 is 0 Å². The summed E-state index contributed by atoms with van der Waals surface area (Å²) in [6, 6.07) is 0. The Morgan fingerprint density at radius 2 is 1.74 bits per heavy atom. The van der Waals surface area contributed by atoms with Crippen LogP contribution in [0.2, 0.25) is 0 Å². The zero-order valence-electron chi connectivity index (χ0n) is 23.6. The van der Waals surface area contributed by atoms with Crippen LogP contribution in [0.4, 0.5) is 0 Å². The summed E-state index contributed by atoms with van der Waals surface area (Å²) < 4.78 is 5.77. The fourth-order valence-corrected chi connectivity index (χ4v) is 9.52. The van der Waals surface area contributed by atoms with Crippen LogP contribution in [0.25, 0.3) is 0 Å². The third kappa shape index (κ3) is 3.94. The molecule has 2 fully saturated rings. The Balaban J connectivity index is 1.58. The van der Waals surface area contributed by atoms with Gasteiger partial charge >= 0.3 is 5.97 Å². The van der Waals surface area contributed by atoms with Crippen molar-refractivity contribution in [3.8, 4) is 0 Å². The van der Waals surface area contributed by atoms with E-state index < -0.39 is 0 Å². The van der Waals surface area contributed by atoms with E-state index in [2.05, 4.69) is 55.0 Å². The number of carbonyl (C=O) groups excluding carboxylic acids is 1. The third-order valence-corrected chi connectivity index (χ3v) is 12.1. The normalized spacial score (nSPS) is 42.6. The van der Waals surface area contributed by atoms with Crippen molar-refractivity contribution in [1.82, 2.24) is 0 Å². The molecule has 0 N–H and O–H groups in total. The van der Waals surface area contributed by atoms with Gasteiger partial charge in [-0.2, -0.15) is 0 Å². The van der Waals surface area contributed by atoms with Gasteiger partial charge in [0, 0.05) is 6.92 Å². The second kappa shape index (κ2) is 9.11. The average Bonchev–Trinajstić information content (AvgIpc) is 3.05. The molecule has 0 aromatic carbocycles. The van der Waals surface area contributed by atoms with Gasteiger partial charge in [0.05, 0.1) is 0 Å². The summed E-state index contributed by atoms with van der Waals surface area (Å²) in [6.45, 7) is 23.3. The van der Waals surface area contributed by atoms with E-state index in [4.69, 9.17) is 4.74 Å². The molecular formula is C32H52O2. The van der Waals surface area contributed by atoms with E-state index in [0.29, 0.717) is 34.0 Å². The van der Waals surface area contributed by atoms with E-state index in [1.807, 2.05) is 11.1 Å². The summed E-state index contributed by atoms with van der Waals surface area (Å²) in [4.78, 5) is 11.7. The molecule has 4 rings (SSSR count). The molecule has 0 spiro atoms. The van der Waals surface area contributed by atoms with E-state index >= 15 is 0 Å². The minimum Gasteiger partial charge on any atom is -0.462 e. The van der Waals surface area contributed by atoms with Gasteiger partial charge in [0.15, 0.2) is 0 Å². The van der Waals surface area contributed by atoms with Crippen molar-refractivity contribution in [2.75, 3.05) is 0 Å². The SMILES string of the molecule is C=C(CC[C@@H](C)[C@H]1CC[C@@]2(C)C3=C(CC[C@]12C)[C@@]1(C)CC[C@H](OC(C)=O)[C@@H](C)C1CC3)C(C)C. The number of ether oxygens (including phenoxy) is 1.